The van der Waals surface area contributed by atoms with Crippen LogP contribution < -0.4 is 4.74 Å². The number of halogens is 1. The number of carbonyl (C=O) groups is 1. The SMILES string of the molecule is CCCOC1C(=O)CC1Oc1cncc(Cl)c1. The monoisotopic (exact) mass is 255 g/mol. The number of hydrogen-bond donors (Lipinski definition) is 0. The van der Waals surface area contributed by atoms with Crippen LogP contribution in [0.1, 0.15) is 19.8 Å². The van der Waals surface area contributed by atoms with Gasteiger partial charge in [0.15, 0.2) is 11.9 Å². The van der Waals surface area contributed by atoms with Gasteiger partial charge < -0.3 is 9.47 Å². The zero-order chi connectivity index (χ0) is 12.3. The normalized spacial score (nSPS) is 23.3. The highest BCUT2D eigenvalue weighted by Gasteiger charge is 2.42. The van der Waals surface area contributed by atoms with Crippen molar-refractivity contribution in [1.82, 2.24) is 4.98 Å². The standard InChI is InChI=1S/C12H14ClNO3/c1-2-3-16-12-10(15)5-11(12)17-9-4-8(13)6-14-7-9/h4,6-7,11-12H,2-3,5H2,1H3. The van der Waals surface area contributed by atoms with E-state index >= 15 is 0 Å². The maximum atomic E-state index is 11.4. The van der Waals surface area contributed by atoms with Gasteiger partial charge in [-0.25, -0.2) is 0 Å². The lowest BCUT2D eigenvalue weighted by molar-refractivity contribution is -0.154. The molecule has 2 rings (SSSR count). The minimum absolute atomic E-state index is 0.0958. The third-order valence-electron chi connectivity index (χ3n) is 2.53. The molecule has 2 atom stereocenters. The number of Topliss-reactive ketones (excluding diaryl/α,β-unsaturated/α-hetero) is 1. The summed E-state index contributed by atoms with van der Waals surface area (Å²) in [5, 5.41) is 0.513. The van der Waals surface area contributed by atoms with E-state index in [1.165, 1.54) is 6.20 Å². The van der Waals surface area contributed by atoms with Crippen LogP contribution >= 0.6 is 11.6 Å². The van der Waals surface area contributed by atoms with Crippen LogP contribution in [0.15, 0.2) is 18.5 Å². The summed E-state index contributed by atoms with van der Waals surface area (Å²) >= 11 is 5.80. The molecule has 1 fully saturated rings. The summed E-state index contributed by atoms with van der Waals surface area (Å²) in [7, 11) is 0. The van der Waals surface area contributed by atoms with E-state index in [0.717, 1.165) is 6.42 Å². The van der Waals surface area contributed by atoms with E-state index in [1.54, 1.807) is 12.3 Å². The van der Waals surface area contributed by atoms with Crippen LogP contribution in [0.4, 0.5) is 0 Å². The number of nitrogens with zero attached hydrogens (tertiary/aromatic N) is 1. The van der Waals surface area contributed by atoms with Crippen molar-refractivity contribution < 1.29 is 14.3 Å². The maximum absolute atomic E-state index is 11.4. The average Bonchev–Trinajstić information content (AvgIpc) is 2.29. The third-order valence-corrected chi connectivity index (χ3v) is 2.73. The van der Waals surface area contributed by atoms with Gasteiger partial charge in [0, 0.05) is 25.3 Å². The lowest BCUT2D eigenvalue weighted by Gasteiger charge is -2.34. The van der Waals surface area contributed by atoms with E-state index in [1.807, 2.05) is 6.92 Å². The first-order chi connectivity index (χ1) is 8.20. The molecule has 0 radical (unpaired) electrons. The second kappa shape index (κ2) is 5.47. The summed E-state index contributed by atoms with van der Waals surface area (Å²) < 4.78 is 11.0. The van der Waals surface area contributed by atoms with Crippen molar-refractivity contribution >= 4 is 17.4 Å². The number of rotatable bonds is 5. The molecule has 1 aliphatic carbocycles. The van der Waals surface area contributed by atoms with Crippen LogP contribution in [0.25, 0.3) is 0 Å². The molecule has 1 aromatic heterocycles. The largest absolute Gasteiger partial charge is 0.485 e. The van der Waals surface area contributed by atoms with Crippen molar-refractivity contribution in [3.8, 4) is 5.75 Å². The van der Waals surface area contributed by atoms with Crippen molar-refractivity contribution in [3.05, 3.63) is 23.5 Å². The third kappa shape index (κ3) is 2.96. The van der Waals surface area contributed by atoms with Crippen molar-refractivity contribution in [2.75, 3.05) is 6.61 Å². The molecule has 1 saturated carbocycles. The molecule has 0 bridgehead atoms. The molecule has 0 aliphatic heterocycles. The molecular weight excluding hydrogens is 242 g/mol. The first-order valence-electron chi connectivity index (χ1n) is 5.62. The van der Waals surface area contributed by atoms with Crippen LogP contribution in [0.3, 0.4) is 0 Å². The van der Waals surface area contributed by atoms with E-state index in [2.05, 4.69) is 4.98 Å². The van der Waals surface area contributed by atoms with Gasteiger partial charge in [-0.05, 0) is 6.42 Å². The van der Waals surface area contributed by atoms with Crippen LogP contribution in [-0.2, 0) is 9.53 Å². The van der Waals surface area contributed by atoms with Gasteiger partial charge in [0.1, 0.15) is 11.9 Å². The molecule has 0 saturated heterocycles. The number of ether oxygens (including phenoxy) is 2. The van der Waals surface area contributed by atoms with Gasteiger partial charge in [0.05, 0.1) is 11.2 Å². The minimum atomic E-state index is -0.436. The highest BCUT2D eigenvalue weighted by atomic mass is 35.5. The van der Waals surface area contributed by atoms with Crippen LogP contribution in [0.2, 0.25) is 5.02 Å². The van der Waals surface area contributed by atoms with Gasteiger partial charge in [-0.1, -0.05) is 18.5 Å². The van der Waals surface area contributed by atoms with Crippen LogP contribution in [0, 0.1) is 0 Å². The Morgan fingerprint density at radius 2 is 2.35 bits per heavy atom. The van der Waals surface area contributed by atoms with E-state index in [-0.39, 0.29) is 11.9 Å². The van der Waals surface area contributed by atoms with Gasteiger partial charge in [-0.3, -0.25) is 9.78 Å². The van der Waals surface area contributed by atoms with Gasteiger partial charge in [-0.2, -0.15) is 0 Å². The second-order valence-electron chi connectivity index (χ2n) is 3.96. The first kappa shape index (κ1) is 12.3. The smallest absolute Gasteiger partial charge is 0.169 e. The molecule has 5 heteroatoms. The highest BCUT2D eigenvalue weighted by Crippen LogP contribution is 2.26. The molecule has 0 N–H and O–H groups in total. The number of hydrogen-bond acceptors (Lipinski definition) is 4. The van der Waals surface area contributed by atoms with Gasteiger partial charge in [-0.15, -0.1) is 0 Å². The predicted octanol–water partition coefficient (Wildman–Crippen LogP) is 2.25. The Labute approximate surface area is 105 Å². The Bertz CT molecular complexity index is 410. The first-order valence-corrected chi connectivity index (χ1v) is 6.00. The summed E-state index contributed by atoms with van der Waals surface area (Å²) in [5.74, 6) is 0.665. The van der Waals surface area contributed by atoms with Crippen molar-refractivity contribution in [2.24, 2.45) is 0 Å². The fourth-order valence-electron chi connectivity index (χ4n) is 1.65. The zero-order valence-electron chi connectivity index (χ0n) is 9.56. The second-order valence-corrected chi connectivity index (χ2v) is 4.39. The van der Waals surface area contributed by atoms with Crippen LogP contribution in [0.5, 0.6) is 5.75 Å². The fourth-order valence-corrected chi connectivity index (χ4v) is 1.81. The predicted molar refractivity (Wildman–Crippen MR) is 63.3 cm³/mol. The number of ketones is 1. The molecule has 2 unspecified atom stereocenters. The maximum Gasteiger partial charge on any atom is 0.169 e. The van der Waals surface area contributed by atoms with E-state index in [4.69, 9.17) is 21.1 Å². The molecule has 0 spiro atoms. The van der Waals surface area contributed by atoms with E-state index in [9.17, 15) is 4.79 Å². The summed E-state index contributed by atoms with van der Waals surface area (Å²) in [4.78, 5) is 15.3. The lowest BCUT2D eigenvalue weighted by Crippen LogP contribution is -2.52. The molecule has 92 valence electrons. The van der Waals surface area contributed by atoms with Crippen molar-refractivity contribution in [1.29, 1.82) is 0 Å². The van der Waals surface area contributed by atoms with Crippen molar-refractivity contribution in [2.45, 2.75) is 32.0 Å². The minimum Gasteiger partial charge on any atom is -0.485 e. The molecule has 1 aliphatic rings. The Balaban J connectivity index is 1.93. The molecular formula is C12H14ClNO3. The molecule has 0 aromatic carbocycles. The summed E-state index contributed by atoms with van der Waals surface area (Å²) in [6.07, 6.45) is 3.73. The Morgan fingerprint density at radius 3 is 3.00 bits per heavy atom. The molecule has 1 heterocycles. The molecule has 0 amide bonds. The summed E-state index contributed by atoms with van der Waals surface area (Å²) in [6.45, 7) is 2.57. The van der Waals surface area contributed by atoms with Gasteiger partial charge >= 0.3 is 0 Å². The highest BCUT2D eigenvalue weighted by molar-refractivity contribution is 6.30. The van der Waals surface area contributed by atoms with E-state index in [0.29, 0.717) is 23.8 Å². The number of carbonyl (C=O) groups excluding carboxylic acids is 1. The molecule has 17 heavy (non-hydrogen) atoms. The van der Waals surface area contributed by atoms with Gasteiger partial charge in [0.25, 0.3) is 0 Å². The van der Waals surface area contributed by atoms with Gasteiger partial charge in [0.2, 0.25) is 0 Å². The number of aromatic nitrogens is 1. The summed E-state index contributed by atoms with van der Waals surface area (Å²) in [5.41, 5.74) is 0. The number of pyridine rings is 1. The average molecular weight is 256 g/mol. The Hall–Kier alpha value is -1.13. The lowest BCUT2D eigenvalue weighted by atomic mass is 9.90. The topological polar surface area (TPSA) is 48.4 Å². The Morgan fingerprint density at radius 1 is 1.53 bits per heavy atom. The van der Waals surface area contributed by atoms with E-state index < -0.39 is 6.10 Å². The summed E-state index contributed by atoms with van der Waals surface area (Å²) in [6, 6.07) is 1.67. The zero-order valence-corrected chi connectivity index (χ0v) is 10.3. The van der Waals surface area contributed by atoms with Crippen LogP contribution in [-0.4, -0.2) is 29.6 Å². The Kier molecular flexibility index (Phi) is 3.97. The molecule has 1 aromatic rings. The fraction of sp³-hybridized carbons (Fsp3) is 0.500. The van der Waals surface area contributed by atoms with Crippen molar-refractivity contribution in [3.63, 3.8) is 0 Å². The quantitative estimate of drug-likeness (QED) is 0.810. The molecule has 4 nitrogen and oxygen atoms in total.